The van der Waals surface area contributed by atoms with Crippen LogP contribution in [0.4, 0.5) is 5.82 Å². The van der Waals surface area contributed by atoms with E-state index in [1.54, 1.807) is 9.20 Å². The van der Waals surface area contributed by atoms with Gasteiger partial charge in [-0.05, 0) is 32.0 Å². The number of amides is 1. The zero-order valence-corrected chi connectivity index (χ0v) is 15.7. The monoisotopic (exact) mass is 366 g/mol. The number of carbonyl (C=O) groups is 1. The van der Waals surface area contributed by atoms with Crippen LogP contribution in [0.3, 0.4) is 0 Å². The molecule has 9 nitrogen and oxygen atoms in total. The van der Waals surface area contributed by atoms with E-state index in [0.717, 1.165) is 49.2 Å². The van der Waals surface area contributed by atoms with Gasteiger partial charge < -0.3 is 9.80 Å². The van der Waals surface area contributed by atoms with Gasteiger partial charge in [-0.25, -0.2) is 0 Å². The molecule has 0 aromatic carbocycles. The van der Waals surface area contributed by atoms with Gasteiger partial charge in [-0.1, -0.05) is 0 Å². The fourth-order valence-electron chi connectivity index (χ4n) is 4.23. The Morgan fingerprint density at radius 3 is 2.44 bits per heavy atom. The van der Waals surface area contributed by atoms with Gasteiger partial charge in [-0.2, -0.15) is 9.61 Å². The average Bonchev–Trinajstić information content (AvgIpc) is 3.38. The van der Waals surface area contributed by atoms with E-state index >= 15 is 0 Å². The van der Waals surface area contributed by atoms with Crippen LogP contribution >= 0.6 is 0 Å². The van der Waals surface area contributed by atoms with E-state index in [1.807, 2.05) is 44.0 Å². The van der Waals surface area contributed by atoms with E-state index < -0.39 is 0 Å². The Morgan fingerprint density at radius 2 is 1.78 bits per heavy atom. The molecule has 9 heteroatoms. The lowest BCUT2D eigenvalue weighted by Gasteiger charge is -2.22. The lowest BCUT2D eigenvalue weighted by Crippen LogP contribution is -2.33. The number of carbonyl (C=O) groups excluding carboxylic acids is 1. The van der Waals surface area contributed by atoms with E-state index in [0.29, 0.717) is 17.5 Å². The molecule has 0 aliphatic carbocycles. The molecule has 0 bridgehead atoms. The number of hydrogen-bond donors (Lipinski definition) is 0. The minimum absolute atomic E-state index is 0.0410. The standard InChI is InChI=1S/C18H22N8O/c1-11-6-15(21-23(11)3)18(27)25-9-13-7-24(8-14(13)10-25)17-5-4-16-20-19-12(2)26(16)22-17/h4-6,13-14H,7-10H2,1-3H3. The first-order valence-corrected chi connectivity index (χ1v) is 9.23. The van der Waals surface area contributed by atoms with Crippen molar-refractivity contribution in [1.82, 2.24) is 34.5 Å². The van der Waals surface area contributed by atoms with Crippen molar-refractivity contribution in [2.45, 2.75) is 13.8 Å². The maximum Gasteiger partial charge on any atom is 0.274 e. The highest BCUT2D eigenvalue weighted by Crippen LogP contribution is 2.33. The van der Waals surface area contributed by atoms with Crippen molar-refractivity contribution < 1.29 is 4.79 Å². The minimum Gasteiger partial charge on any atom is -0.354 e. The molecule has 2 aliphatic heterocycles. The molecule has 1 amide bonds. The summed E-state index contributed by atoms with van der Waals surface area (Å²) in [6.45, 7) is 7.25. The van der Waals surface area contributed by atoms with Gasteiger partial charge in [0.15, 0.2) is 17.2 Å². The Bertz CT molecular complexity index is 1000. The van der Waals surface area contributed by atoms with Crippen molar-refractivity contribution in [3.8, 4) is 0 Å². The second kappa shape index (κ2) is 5.77. The van der Waals surface area contributed by atoms with Gasteiger partial charge in [0, 0.05) is 50.8 Å². The molecule has 2 fully saturated rings. The van der Waals surface area contributed by atoms with Crippen LogP contribution in [0.2, 0.25) is 0 Å². The summed E-state index contributed by atoms with van der Waals surface area (Å²) in [6.07, 6.45) is 0. The summed E-state index contributed by atoms with van der Waals surface area (Å²) in [4.78, 5) is 17.0. The maximum atomic E-state index is 12.8. The molecular formula is C18H22N8O. The summed E-state index contributed by atoms with van der Waals surface area (Å²) in [7, 11) is 1.87. The Labute approximate surface area is 156 Å². The Morgan fingerprint density at radius 1 is 1.04 bits per heavy atom. The van der Waals surface area contributed by atoms with Gasteiger partial charge in [0.1, 0.15) is 5.82 Å². The number of aromatic nitrogens is 6. The third-order valence-corrected chi connectivity index (χ3v) is 5.83. The summed E-state index contributed by atoms with van der Waals surface area (Å²) in [6, 6.07) is 5.82. The molecule has 0 spiro atoms. The number of nitrogens with zero attached hydrogens (tertiary/aromatic N) is 8. The van der Waals surface area contributed by atoms with Crippen LogP contribution in [-0.2, 0) is 7.05 Å². The van der Waals surface area contributed by atoms with E-state index in [2.05, 4.69) is 25.3 Å². The molecule has 27 heavy (non-hydrogen) atoms. The van der Waals surface area contributed by atoms with E-state index in [9.17, 15) is 4.79 Å². The first-order chi connectivity index (χ1) is 13.0. The van der Waals surface area contributed by atoms with E-state index in [4.69, 9.17) is 0 Å². The van der Waals surface area contributed by atoms with Gasteiger partial charge >= 0.3 is 0 Å². The number of aryl methyl sites for hydroxylation is 3. The maximum absolute atomic E-state index is 12.8. The van der Waals surface area contributed by atoms with Crippen LogP contribution in [-0.4, -0.2) is 66.6 Å². The SMILES string of the molecule is Cc1cc(C(=O)N2CC3CN(c4ccc5nnc(C)n5n4)CC3C2)nn1C. The topological polar surface area (TPSA) is 84.5 Å². The molecule has 3 aromatic heterocycles. The summed E-state index contributed by atoms with van der Waals surface area (Å²) in [5.74, 6) is 2.71. The van der Waals surface area contributed by atoms with Gasteiger partial charge in [-0.15, -0.1) is 15.3 Å². The molecule has 2 saturated heterocycles. The molecule has 140 valence electrons. The van der Waals surface area contributed by atoms with Crippen molar-refractivity contribution in [1.29, 1.82) is 0 Å². The van der Waals surface area contributed by atoms with Crippen LogP contribution in [0, 0.1) is 25.7 Å². The highest BCUT2D eigenvalue weighted by molar-refractivity contribution is 5.92. The number of likely N-dealkylation sites (tertiary alicyclic amines) is 1. The summed E-state index contributed by atoms with van der Waals surface area (Å²) in [5, 5.41) is 17.2. The van der Waals surface area contributed by atoms with Crippen LogP contribution in [0.25, 0.3) is 5.65 Å². The third kappa shape index (κ3) is 2.56. The molecule has 2 aliphatic rings. The first-order valence-electron chi connectivity index (χ1n) is 9.23. The van der Waals surface area contributed by atoms with Crippen LogP contribution in [0.1, 0.15) is 22.0 Å². The largest absolute Gasteiger partial charge is 0.354 e. The smallest absolute Gasteiger partial charge is 0.274 e. The number of hydrogen-bond acceptors (Lipinski definition) is 6. The second-order valence-corrected chi connectivity index (χ2v) is 7.64. The summed E-state index contributed by atoms with van der Waals surface area (Å²) < 4.78 is 3.53. The second-order valence-electron chi connectivity index (χ2n) is 7.64. The van der Waals surface area contributed by atoms with E-state index in [-0.39, 0.29) is 5.91 Å². The van der Waals surface area contributed by atoms with Gasteiger partial charge in [-0.3, -0.25) is 9.48 Å². The molecule has 3 aromatic rings. The number of fused-ring (bicyclic) bond motifs is 2. The Balaban J connectivity index is 1.30. The number of rotatable bonds is 2. The molecular weight excluding hydrogens is 344 g/mol. The molecule has 2 unspecified atom stereocenters. The Hall–Kier alpha value is -2.97. The van der Waals surface area contributed by atoms with Crippen molar-refractivity contribution in [2.75, 3.05) is 31.1 Å². The van der Waals surface area contributed by atoms with Crippen molar-refractivity contribution in [3.63, 3.8) is 0 Å². The third-order valence-electron chi connectivity index (χ3n) is 5.83. The molecule has 0 saturated carbocycles. The molecule has 5 rings (SSSR count). The van der Waals surface area contributed by atoms with Gasteiger partial charge in [0.2, 0.25) is 0 Å². The highest BCUT2D eigenvalue weighted by Gasteiger charge is 2.42. The highest BCUT2D eigenvalue weighted by atomic mass is 16.2. The zero-order chi connectivity index (χ0) is 18.7. The van der Waals surface area contributed by atoms with Gasteiger partial charge in [0.25, 0.3) is 5.91 Å². The average molecular weight is 366 g/mol. The normalized spacial score (nSPS) is 22.0. The summed E-state index contributed by atoms with van der Waals surface area (Å²) in [5.41, 5.74) is 2.30. The van der Waals surface area contributed by atoms with Crippen molar-refractivity contribution in [3.05, 3.63) is 35.4 Å². The molecule has 0 radical (unpaired) electrons. The minimum atomic E-state index is 0.0410. The Kier molecular flexibility index (Phi) is 3.46. The fraction of sp³-hybridized carbons (Fsp3) is 0.500. The van der Waals surface area contributed by atoms with Crippen LogP contribution in [0.5, 0.6) is 0 Å². The predicted octanol–water partition coefficient (Wildman–Crippen LogP) is 0.683. The predicted molar refractivity (Wildman–Crippen MR) is 98.6 cm³/mol. The summed E-state index contributed by atoms with van der Waals surface area (Å²) >= 11 is 0. The first kappa shape index (κ1) is 16.2. The van der Waals surface area contributed by atoms with E-state index in [1.165, 1.54) is 0 Å². The van der Waals surface area contributed by atoms with Crippen LogP contribution < -0.4 is 4.90 Å². The van der Waals surface area contributed by atoms with Gasteiger partial charge in [0.05, 0.1) is 0 Å². The lowest BCUT2D eigenvalue weighted by molar-refractivity contribution is 0.0776. The molecule has 2 atom stereocenters. The fourth-order valence-corrected chi connectivity index (χ4v) is 4.23. The van der Waals surface area contributed by atoms with Crippen LogP contribution in [0.15, 0.2) is 18.2 Å². The van der Waals surface area contributed by atoms with Crippen molar-refractivity contribution >= 4 is 17.4 Å². The zero-order valence-electron chi connectivity index (χ0n) is 15.7. The van der Waals surface area contributed by atoms with Crippen molar-refractivity contribution in [2.24, 2.45) is 18.9 Å². The molecule has 5 heterocycles. The quantitative estimate of drug-likeness (QED) is 0.663. The lowest BCUT2D eigenvalue weighted by atomic mass is 10.0. The molecule has 0 N–H and O–H groups in total. The number of anilines is 1.